The van der Waals surface area contributed by atoms with E-state index >= 15 is 0 Å². The summed E-state index contributed by atoms with van der Waals surface area (Å²) in [7, 11) is 0. The zero-order valence-electron chi connectivity index (χ0n) is 8.04. The van der Waals surface area contributed by atoms with E-state index in [1.807, 2.05) is 0 Å². The third kappa shape index (κ3) is 3.32. The molecule has 0 unspecified atom stereocenters. The van der Waals surface area contributed by atoms with Gasteiger partial charge in [0.2, 0.25) is 5.91 Å². The molecule has 76 valence electrons. The van der Waals surface area contributed by atoms with Gasteiger partial charge in [-0.25, -0.2) is 0 Å². The van der Waals surface area contributed by atoms with Gasteiger partial charge >= 0.3 is 0 Å². The van der Waals surface area contributed by atoms with Gasteiger partial charge in [0.1, 0.15) is 0 Å². The maximum atomic E-state index is 10.8. The molecule has 0 aromatic heterocycles. The second-order valence-corrected chi connectivity index (χ2v) is 3.66. The number of carbonyl (C=O) groups is 1. The smallest absolute Gasteiger partial charge is 0.231 e. The van der Waals surface area contributed by atoms with Gasteiger partial charge in [-0.1, -0.05) is 12.8 Å². The fraction of sp³-hybridized carbons (Fsp3) is 0.889. The minimum absolute atomic E-state index is 0.250. The summed E-state index contributed by atoms with van der Waals surface area (Å²) in [5, 5.41) is 0. The third-order valence-electron chi connectivity index (χ3n) is 2.62. The van der Waals surface area contributed by atoms with Crippen molar-refractivity contribution in [1.82, 2.24) is 4.90 Å². The predicted molar refractivity (Wildman–Crippen MR) is 52.1 cm³/mol. The van der Waals surface area contributed by atoms with Crippen LogP contribution in [0.3, 0.4) is 0 Å². The largest absolute Gasteiger partial charge is 0.369 e. The molecule has 0 saturated heterocycles. The summed E-state index contributed by atoms with van der Waals surface area (Å²) in [5.41, 5.74) is 10.6. The van der Waals surface area contributed by atoms with E-state index in [0.29, 0.717) is 19.1 Å². The van der Waals surface area contributed by atoms with Gasteiger partial charge in [0, 0.05) is 19.1 Å². The molecule has 0 radical (unpaired) electrons. The summed E-state index contributed by atoms with van der Waals surface area (Å²) in [6, 6.07) is 0.538. The van der Waals surface area contributed by atoms with Crippen LogP contribution in [0.15, 0.2) is 0 Å². The van der Waals surface area contributed by atoms with Crippen LogP contribution in [-0.2, 0) is 4.79 Å². The molecule has 0 bridgehead atoms. The minimum atomic E-state index is -0.250. The third-order valence-corrected chi connectivity index (χ3v) is 2.62. The molecule has 0 aliphatic heterocycles. The molecular formula is C9H19N3O. The fourth-order valence-corrected chi connectivity index (χ4v) is 2.03. The quantitative estimate of drug-likeness (QED) is 0.616. The molecule has 1 aliphatic rings. The highest BCUT2D eigenvalue weighted by molar-refractivity contribution is 5.75. The second kappa shape index (κ2) is 5.19. The maximum absolute atomic E-state index is 10.8. The summed E-state index contributed by atoms with van der Waals surface area (Å²) in [6.45, 7) is 1.75. The van der Waals surface area contributed by atoms with Crippen LogP contribution >= 0.6 is 0 Å². The molecule has 1 saturated carbocycles. The number of nitrogens with zero attached hydrogens (tertiary/aromatic N) is 1. The molecule has 0 heterocycles. The molecule has 13 heavy (non-hydrogen) atoms. The monoisotopic (exact) mass is 185 g/mol. The molecule has 1 fully saturated rings. The summed E-state index contributed by atoms with van der Waals surface area (Å²) in [6.07, 6.45) is 4.91. The van der Waals surface area contributed by atoms with E-state index < -0.39 is 0 Å². The fourth-order valence-electron chi connectivity index (χ4n) is 2.03. The SMILES string of the molecule is NCCN(CC(N)=O)C1CCCC1. The topological polar surface area (TPSA) is 72.3 Å². The lowest BCUT2D eigenvalue weighted by Crippen LogP contribution is -2.42. The molecule has 1 amide bonds. The number of amides is 1. The van der Waals surface area contributed by atoms with E-state index in [2.05, 4.69) is 4.90 Å². The molecule has 0 aromatic carbocycles. The first-order valence-corrected chi connectivity index (χ1v) is 4.96. The van der Waals surface area contributed by atoms with Crippen LogP contribution in [0.4, 0.5) is 0 Å². The van der Waals surface area contributed by atoms with Crippen molar-refractivity contribution < 1.29 is 4.79 Å². The summed E-state index contributed by atoms with van der Waals surface area (Å²) < 4.78 is 0. The molecule has 0 atom stereocenters. The van der Waals surface area contributed by atoms with Gasteiger partial charge in [0.05, 0.1) is 6.54 Å². The van der Waals surface area contributed by atoms with Crippen molar-refractivity contribution >= 4 is 5.91 Å². The van der Waals surface area contributed by atoms with Crippen molar-refractivity contribution in [3.8, 4) is 0 Å². The van der Waals surface area contributed by atoms with Crippen molar-refractivity contribution in [2.75, 3.05) is 19.6 Å². The number of hydrogen-bond donors (Lipinski definition) is 2. The van der Waals surface area contributed by atoms with E-state index in [-0.39, 0.29) is 5.91 Å². The van der Waals surface area contributed by atoms with Gasteiger partial charge in [0.15, 0.2) is 0 Å². The minimum Gasteiger partial charge on any atom is -0.369 e. The van der Waals surface area contributed by atoms with Gasteiger partial charge < -0.3 is 11.5 Å². The predicted octanol–water partition coefficient (Wildman–Crippen LogP) is -0.325. The van der Waals surface area contributed by atoms with E-state index in [0.717, 1.165) is 6.54 Å². The first-order valence-electron chi connectivity index (χ1n) is 4.96. The maximum Gasteiger partial charge on any atom is 0.231 e. The van der Waals surface area contributed by atoms with Gasteiger partial charge in [-0.3, -0.25) is 9.69 Å². The van der Waals surface area contributed by atoms with E-state index in [1.54, 1.807) is 0 Å². The number of rotatable bonds is 5. The zero-order valence-corrected chi connectivity index (χ0v) is 8.04. The van der Waals surface area contributed by atoms with Crippen LogP contribution in [0.1, 0.15) is 25.7 Å². The van der Waals surface area contributed by atoms with Gasteiger partial charge in [-0.15, -0.1) is 0 Å². The molecular weight excluding hydrogens is 166 g/mol. The number of nitrogens with two attached hydrogens (primary N) is 2. The lowest BCUT2D eigenvalue weighted by atomic mass is 10.2. The van der Waals surface area contributed by atoms with Crippen molar-refractivity contribution in [2.24, 2.45) is 11.5 Å². The van der Waals surface area contributed by atoms with Crippen LogP contribution in [0.2, 0.25) is 0 Å². The zero-order chi connectivity index (χ0) is 9.68. The Morgan fingerprint density at radius 3 is 2.46 bits per heavy atom. The highest BCUT2D eigenvalue weighted by atomic mass is 16.1. The summed E-state index contributed by atoms with van der Waals surface area (Å²) in [4.78, 5) is 12.9. The van der Waals surface area contributed by atoms with Crippen LogP contribution in [0, 0.1) is 0 Å². The van der Waals surface area contributed by atoms with Crippen molar-refractivity contribution in [3.63, 3.8) is 0 Å². The molecule has 4 N–H and O–H groups in total. The average molecular weight is 185 g/mol. The first kappa shape index (κ1) is 10.5. The molecule has 4 nitrogen and oxygen atoms in total. The Labute approximate surface area is 79.3 Å². The number of carbonyl (C=O) groups excluding carboxylic acids is 1. The van der Waals surface area contributed by atoms with Crippen molar-refractivity contribution in [1.29, 1.82) is 0 Å². The molecule has 0 aromatic rings. The Kier molecular flexibility index (Phi) is 4.18. The Hall–Kier alpha value is -0.610. The second-order valence-electron chi connectivity index (χ2n) is 3.66. The van der Waals surface area contributed by atoms with Crippen LogP contribution in [0.25, 0.3) is 0 Å². The van der Waals surface area contributed by atoms with Gasteiger partial charge in [0.25, 0.3) is 0 Å². The van der Waals surface area contributed by atoms with Crippen molar-refractivity contribution in [2.45, 2.75) is 31.7 Å². The lowest BCUT2D eigenvalue weighted by molar-refractivity contribution is -0.119. The summed E-state index contributed by atoms with van der Waals surface area (Å²) in [5.74, 6) is -0.250. The highest BCUT2D eigenvalue weighted by Crippen LogP contribution is 2.22. The Balaban J connectivity index is 2.39. The lowest BCUT2D eigenvalue weighted by Gasteiger charge is -2.26. The first-order chi connectivity index (χ1) is 6.24. The Morgan fingerprint density at radius 2 is 2.00 bits per heavy atom. The van der Waals surface area contributed by atoms with Crippen LogP contribution < -0.4 is 11.5 Å². The van der Waals surface area contributed by atoms with E-state index in [9.17, 15) is 4.79 Å². The Morgan fingerprint density at radius 1 is 1.38 bits per heavy atom. The van der Waals surface area contributed by atoms with Crippen molar-refractivity contribution in [3.05, 3.63) is 0 Å². The van der Waals surface area contributed by atoms with Gasteiger partial charge in [-0.2, -0.15) is 0 Å². The van der Waals surface area contributed by atoms with Crippen LogP contribution in [0.5, 0.6) is 0 Å². The molecule has 1 aliphatic carbocycles. The van der Waals surface area contributed by atoms with Gasteiger partial charge in [-0.05, 0) is 12.8 Å². The van der Waals surface area contributed by atoms with E-state index in [1.165, 1.54) is 25.7 Å². The number of hydrogen-bond acceptors (Lipinski definition) is 3. The Bertz CT molecular complexity index is 166. The highest BCUT2D eigenvalue weighted by Gasteiger charge is 2.22. The van der Waals surface area contributed by atoms with E-state index in [4.69, 9.17) is 11.5 Å². The summed E-state index contributed by atoms with van der Waals surface area (Å²) >= 11 is 0. The standard InChI is InChI=1S/C9H19N3O/c10-5-6-12(7-9(11)13)8-3-1-2-4-8/h8H,1-7,10H2,(H2,11,13). The molecule has 1 rings (SSSR count). The average Bonchev–Trinajstić information content (AvgIpc) is 2.54. The number of primary amides is 1. The normalized spacial score (nSPS) is 18.3. The molecule has 0 spiro atoms. The molecule has 4 heteroatoms. The van der Waals surface area contributed by atoms with Crippen LogP contribution in [-0.4, -0.2) is 36.5 Å².